The topological polar surface area (TPSA) is 56.5 Å². The lowest BCUT2D eigenvalue weighted by Crippen LogP contribution is -2.41. The second kappa shape index (κ2) is 9.79. The summed E-state index contributed by atoms with van der Waals surface area (Å²) in [6, 6.07) is 11.7. The number of nitrogens with two attached hydrogens (primary N) is 1. The molecular weight excluding hydrogens is 292 g/mol. The molecule has 0 aromatic heterocycles. The van der Waals surface area contributed by atoms with E-state index in [1.165, 1.54) is 5.56 Å². The minimum atomic E-state index is -2.10. The molecule has 0 bridgehead atoms. The van der Waals surface area contributed by atoms with Gasteiger partial charge in [-0.3, -0.25) is 0 Å². The van der Waals surface area contributed by atoms with Crippen LogP contribution >= 0.6 is 0 Å². The van der Waals surface area contributed by atoms with E-state index in [1.807, 2.05) is 6.07 Å². The molecular formula is C17H30N2O2Si. The summed E-state index contributed by atoms with van der Waals surface area (Å²) in [6.45, 7) is 6.52. The van der Waals surface area contributed by atoms with Crippen molar-refractivity contribution in [3.8, 4) is 0 Å². The van der Waals surface area contributed by atoms with Crippen molar-refractivity contribution in [2.24, 2.45) is 11.7 Å². The molecule has 0 aliphatic heterocycles. The molecule has 0 heterocycles. The Morgan fingerprint density at radius 1 is 1.27 bits per heavy atom. The van der Waals surface area contributed by atoms with Gasteiger partial charge in [0.2, 0.25) is 0 Å². The molecule has 0 fully saturated rings. The lowest BCUT2D eigenvalue weighted by molar-refractivity contribution is 0.238. The van der Waals surface area contributed by atoms with Gasteiger partial charge in [0.1, 0.15) is 0 Å². The maximum Gasteiger partial charge on any atom is 0.334 e. The van der Waals surface area contributed by atoms with E-state index in [-0.39, 0.29) is 0 Å². The van der Waals surface area contributed by atoms with Gasteiger partial charge in [0, 0.05) is 20.3 Å². The van der Waals surface area contributed by atoms with Crippen LogP contribution in [0.1, 0.15) is 12.0 Å². The highest BCUT2D eigenvalue weighted by atomic mass is 28.4. The number of rotatable bonds is 11. The first kappa shape index (κ1) is 18.9. The zero-order valence-electron chi connectivity index (χ0n) is 14.0. The highest BCUT2D eigenvalue weighted by Crippen LogP contribution is 2.23. The van der Waals surface area contributed by atoms with Gasteiger partial charge < -0.3 is 19.9 Å². The van der Waals surface area contributed by atoms with E-state index < -0.39 is 8.56 Å². The Bertz CT molecular complexity index is 424. The molecule has 5 heteroatoms. The Balaban J connectivity index is 2.68. The van der Waals surface area contributed by atoms with Crippen molar-refractivity contribution >= 4 is 8.56 Å². The van der Waals surface area contributed by atoms with Gasteiger partial charge in [-0.2, -0.15) is 0 Å². The van der Waals surface area contributed by atoms with Crippen LogP contribution in [0, 0.1) is 5.92 Å². The molecule has 1 aromatic rings. The Morgan fingerprint density at radius 2 is 1.91 bits per heavy atom. The van der Waals surface area contributed by atoms with Gasteiger partial charge in [-0.15, -0.1) is 0 Å². The lowest BCUT2D eigenvalue weighted by Gasteiger charge is -2.29. The van der Waals surface area contributed by atoms with Crippen molar-refractivity contribution in [1.29, 1.82) is 0 Å². The highest BCUT2D eigenvalue weighted by Gasteiger charge is 2.32. The number of benzene rings is 1. The normalized spacial score (nSPS) is 14.4. The minimum absolute atomic E-state index is 0.320. The molecule has 0 aliphatic rings. The summed E-state index contributed by atoms with van der Waals surface area (Å²) >= 11 is 0. The molecule has 0 saturated heterocycles. The molecule has 1 aromatic carbocycles. The quantitative estimate of drug-likeness (QED) is 0.615. The maximum atomic E-state index is 5.98. The van der Waals surface area contributed by atoms with Crippen molar-refractivity contribution < 1.29 is 8.85 Å². The van der Waals surface area contributed by atoms with Crippen LogP contribution in [0.25, 0.3) is 0 Å². The highest BCUT2D eigenvalue weighted by molar-refractivity contribution is 6.66. The molecule has 2 atom stereocenters. The third-order valence-corrected chi connectivity index (χ3v) is 7.20. The van der Waals surface area contributed by atoms with Gasteiger partial charge in [-0.05, 0) is 49.7 Å². The predicted molar refractivity (Wildman–Crippen MR) is 94.9 cm³/mol. The average molecular weight is 323 g/mol. The van der Waals surface area contributed by atoms with Crippen LogP contribution in [-0.2, 0) is 15.3 Å². The zero-order valence-corrected chi connectivity index (χ0v) is 15.0. The smallest absolute Gasteiger partial charge is 0.334 e. The van der Waals surface area contributed by atoms with Crippen LogP contribution in [-0.4, -0.2) is 35.4 Å². The molecule has 4 nitrogen and oxygen atoms in total. The third kappa shape index (κ3) is 6.32. The maximum absolute atomic E-state index is 5.98. The molecule has 1 rings (SSSR count). The van der Waals surface area contributed by atoms with Crippen LogP contribution in [0.15, 0.2) is 43.1 Å². The van der Waals surface area contributed by atoms with Gasteiger partial charge in [-0.25, -0.2) is 0 Å². The van der Waals surface area contributed by atoms with E-state index in [9.17, 15) is 0 Å². The fraction of sp³-hybridized carbons (Fsp3) is 0.529. The first-order valence-electron chi connectivity index (χ1n) is 7.78. The van der Waals surface area contributed by atoms with E-state index in [0.717, 1.165) is 18.9 Å². The molecule has 0 saturated carbocycles. The second-order valence-electron chi connectivity index (χ2n) is 5.84. The number of hydrogen-bond donors (Lipinski definition) is 2. The fourth-order valence-electron chi connectivity index (χ4n) is 2.72. The van der Waals surface area contributed by atoms with Crippen LogP contribution in [0.3, 0.4) is 0 Å². The van der Waals surface area contributed by atoms with Crippen LogP contribution in [0.4, 0.5) is 0 Å². The Morgan fingerprint density at radius 3 is 2.41 bits per heavy atom. The van der Waals surface area contributed by atoms with Gasteiger partial charge in [0.15, 0.2) is 0 Å². The summed E-state index contributed by atoms with van der Waals surface area (Å²) in [4.78, 5) is 0. The standard InChI is InChI=1S/C17H30N2O2Si/c1-5-19-17(11-15-9-7-6-8-10-15)12-16(13-18)14-22(4,20-2)21-3/h5-10,16-17,19H,1,11-14,18H2,2-4H3. The van der Waals surface area contributed by atoms with Crippen molar-refractivity contribution in [2.75, 3.05) is 20.8 Å². The largest absolute Gasteiger partial charge is 0.398 e. The molecule has 0 spiro atoms. The number of nitrogens with one attached hydrogen (secondary N) is 1. The molecule has 0 aliphatic carbocycles. The Hall–Kier alpha value is -1.14. The summed E-state index contributed by atoms with van der Waals surface area (Å²) in [5, 5.41) is 3.36. The fourth-order valence-corrected chi connectivity index (χ4v) is 4.60. The lowest BCUT2D eigenvalue weighted by atomic mass is 9.96. The van der Waals surface area contributed by atoms with Crippen molar-refractivity contribution in [3.05, 3.63) is 48.7 Å². The summed E-state index contributed by atoms with van der Waals surface area (Å²) in [5.74, 6) is 0.373. The zero-order chi connectivity index (χ0) is 16.4. The van der Waals surface area contributed by atoms with E-state index in [2.05, 4.69) is 42.7 Å². The third-order valence-electron chi connectivity index (χ3n) is 4.15. The van der Waals surface area contributed by atoms with Crippen molar-refractivity contribution in [1.82, 2.24) is 5.32 Å². The molecule has 2 unspecified atom stereocenters. The van der Waals surface area contributed by atoms with Gasteiger partial charge in [-0.1, -0.05) is 36.9 Å². The summed E-state index contributed by atoms with van der Waals surface area (Å²) in [7, 11) is 1.36. The Kier molecular flexibility index (Phi) is 8.41. The Labute approximate surface area is 136 Å². The van der Waals surface area contributed by atoms with Crippen LogP contribution < -0.4 is 11.1 Å². The van der Waals surface area contributed by atoms with E-state index in [1.54, 1.807) is 20.4 Å². The molecule has 0 radical (unpaired) electrons. The summed E-state index contributed by atoms with van der Waals surface area (Å²) in [6.07, 6.45) is 3.71. The average Bonchev–Trinajstić information content (AvgIpc) is 2.55. The van der Waals surface area contributed by atoms with Gasteiger partial charge in [0.05, 0.1) is 0 Å². The van der Waals surface area contributed by atoms with Crippen LogP contribution in [0.5, 0.6) is 0 Å². The van der Waals surface area contributed by atoms with E-state index in [4.69, 9.17) is 14.6 Å². The second-order valence-corrected chi connectivity index (χ2v) is 9.33. The minimum Gasteiger partial charge on any atom is -0.398 e. The first-order chi connectivity index (χ1) is 10.6. The molecule has 124 valence electrons. The monoisotopic (exact) mass is 322 g/mol. The van der Waals surface area contributed by atoms with Crippen molar-refractivity contribution in [2.45, 2.75) is 31.5 Å². The first-order valence-corrected chi connectivity index (χ1v) is 10.3. The predicted octanol–water partition coefficient (Wildman–Crippen LogP) is 2.66. The molecule has 3 N–H and O–H groups in total. The van der Waals surface area contributed by atoms with E-state index >= 15 is 0 Å². The SMILES string of the molecule is C=CNC(Cc1ccccc1)CC(CN)C[Si](C)(OC)OC. The summed E-state index contributed by atoms with van der Waals surface area (Å²) < 4.78 is 11.2. The summed E-state index contributed by atoms with van der Waals surface area (Å²) in [5.41, 5.74) is 7.30. The molecule has 0 amide bonds. The van der Waals surface area contributed by atoms with Gasteiger partial charge >= 0.3 is 8.56 Å². The van der Waals surface area contributed by atoms with Crippen LogP contribution in [0.2, 0.25) is 12.6 Å². The van der Waals surface area contributed by atoms with Crippen molar-refractivity contribution in [3.63, 3.8) is 0 Å². The molecule has 22 heavy (non-hydrogen) atoms. The van der Waals surface area contributed by atoms with E-state index in [0.29, 0.717) is 18.5 Å². The van der Waals surface area contributed by atoms with Gasteiger partial charge in [0.25, 0.3) is 0 Å². The number of hydrogen-bond acceptors (Lipinski definition) is 4.